The molecule has 5 heteroatoms. The number of primary amides is 1. The Morgan fingerprint density at radius 3 is 2.81 bits per heavy atom. The number of nitrogen functional groups attached to an aromatic ring is 1. The predicted molar refractivity (Wildman–Crippen MR) is 85.3 cm³/mol. The Labute approximate surface area is 125 Å². The second-order valence-electron chi connectivity index (χ2n) is 6.32. The van der Waals surface area contributed by atoms with Crippen LogP contribution in [0.5, 0.6) is 0 Å². The molecule has 1 aromatic carbocycles. The van der Waals surface area contributed by atoms with Crippen LogP contribution < -0.4 is 16.4 Å². The highest BCUT2D eigenvalue weighted by atomic mass is 16.1. The molecule has 1 amide bonds. The lowest BCUT2D eigenvalue weighted by molar-refractivity contribution is 0.1000. The van der Waals surface area contributed by atoms with E-state index in [2.05, 4.69) is 16.8 Å². The number of hydrogen-bond acceptors (Lipinski definition) is 4. The van der Waals surface area contributed by atoms with Crippen molar-refractivity contribution in [3.8, 4) is 0 Å². The smallest absolute Gasteiger partial charge is 0.248 e. The van der Waals surface area contributed by atoms with Gasteiger partial charge in [-0.3, -0.25) is 4.79 Å². The Bertz CT molecular complexity index is 545. The van der Waals surface area contributed by atoms with Gasteiger partial charge < -0.3 is 21.3 Å². The van der Waals surface area contributed by atoms with Crippen LogP contribution in [0.1, 0.15) is 29.6 Å². The molecule has 21 heavy (non-hydrogen) atoms. The van der Waals surface area contributed by atoms with E-state index in [-0.39, 0.29) is 0 Å². The lowest BCUT2D eigenvalue weighted by Gasteiger charge is -2.46. The fourth-order valence-electron chi connectivity index (χ4n) is 3.87. The molecule has 3 rings (SSSR count). The number of rotatable bonds is 2. The lowest BCUT2D eigenvalue weighted by atomic mass is 9.84. The molecule has 2 aliphatic rings. The first kappa shape index (κ1) is 14.2. The quantitative estimate of drug-likeness (QED) is 0.804. The van der Waals surface area contributed by atoms with E-state index in [0.717, 1.165) is 18.8 Å². The molecular formula is C16H24N4O. The van der Waals surface area contributed by atoms with Crippen LogP contribution in [0, 0.1) is 5.92 Å². The van der Waals surface area contributed by atoms with Gasteiger partial charge in [0.15, 0.2) is 0 Å². The minimum Gasteiger partial charge on any atom is -0.397 e. The molecule has 0 aromatic heterocycles. The summed E-state index contributed by atoms with van der Waals surface area (Å²) in [4.78, 5) is 16.1. The van der Waals surface area contributed by atoms with Gasteiger partial charge in [-0.1, -0.05) is 0 Å². The van der Waals surface area contributed by atoms with E-state index in [1.807, 2.05) is 6.07 Å². The van der Waals surface area contributed by atoms with Gasteiger partial charge in [-0.2, -0.15) is 0 Å². The number of carbonyl (C=O) groups excluding carboxylic acids is 1. The van der Waals surface area contributed by atoms with E-state index in [9.17, 15) is 4.79 Å². The first-order chi connectivity index (χ1) is 10.1. The zero-order valence-corrected chi connectivity index (χ0v) is 12.6. The number of fused-ring (bicyclic) bond motifs is 1. The molecule has 2 unspecified atom stereocenters. The number of nitrogens with two attached hydrogens (primary N) is 2. The molecule has 2 aliphatic heterocycles. The van der Waals surface area contributed by atoms with Crippen molar-refractivity contribution < 1.29 is 4.79 Å². The molecule has 0 saturated carbocycles. The monoisotopic (exact) mass is 288 g/mol. The molecule has 114 valence electrons. The van der Waals surface area contributed by atoms with Gasteiger partial charge in [0.2, 0.25) is 5.91 Å². The lowest BCUT2D eigenvalue weighted by Crippen LogP contribution is -2.52. The molecule has 2 atom stereocenters. The molecule has 0 spiro atoms. The number of nitrogens with zero attached hydrogens (tertiary/aromatic N) is 2. The molecule has 2 heterocycles. The number of amides is 1. The summed E-state index contributed by atoms with van der Waals surface area (Å²) in [6.45, 7) is 3.29. The van der Waals surface area contributed by atoms with Crippen molar-refractivity contribution in [3.05, 3.63) is 23.8 Å². The fourth-order valence-corrected chi connectivity index (χ4v) is 3.87. The number of piperidine rings is 2. The maximum absolute atomic E-state index is 11.2. The second kappa shape index (κ2) is 5.56. The van der Waals surface area contributed by atoms with Gasteiger partial charge in [0.25, 0.3) is 0 Å². The van der Waals surface area contributed by atoms with Crippen LogP contribution in [0.2, 0.25) is 0 Å². The zero-order valence-electron chi connectivity index (χ0n) is 12.6. The third-order valence-corrected chi connectivity index (χ3v) is 5.00. The molecule has 0 aliphatic carbocycles. The Morgan fingerprint density at radius 2 is 2.10 bits per heavy atom. The van der Waals surface area contributed by atoms with E-state index in [0.29, 0.717) is 23.2 Å². The van der Waals surface area contributed by atoms with Gasteiger partial charge >= 0.3 is 0 Å². The Balaban J connectivity index is 1.78. The van der Waals surface area contributed by atoms with E-state index in [4.69, 9.17) is 11.5 Å². The van der Waals surface area contributed by atoms with Crippen LogP contribution in [0.15, 0.2) is 18.2 Å². The Hall–Kier alpha value is -1.75. The molecule has 5 nitrogen and oxygen atoms in total. The summed E-state index contributed by atoms with van der Waals surface area (Å²) >= 11 is 0. The van der Waals surface area contributed by atoms with E-state index in [1.54, 1.807) is 12.1 Å². The average Bonchev–Trinajstić information content (AvgIpc) is 2.47. The zero-order chi connectivity index (χ0) is 15.0. The Kier molecular flexibility index (Phi) is 3.76. The molecule has 2 fully saturated rings. The third-order valence-electron chi connectivity index (χ3n) is 5.00. The molecule has 4 N–H and O–H groups in total. The number of anilines is 2. The first-order valence-corrected chi connectivity index (χ1v) is 7.71. The van der Waals surface area contributed by atoms with Crippen LogP contribution in [0.3, 0.4) is 0 Å². The number of carbonyl (C=O) groups is 1. The third kappa shape index (κ3) is 2.70. The minimum atomic E-state index is -0.430. The van der Waals surface area contributed by atoms with Crippen molar-refractivity contribution in [2.24, 2.45) is 11.7 Å². The summed E-state index contributed by atoms with van der Waals surface area (Å²) in [6.07, 6.45) is 3.75. The first-order valence-electron chi connectivity index (χ1n) is 7.71. The number of likely N-dealkylation sites (tertiary alicyclic amines) is 1. The summed E-state index contributed by atoms with van der Waals surface area (Å²) in [5.41, 5.74) is 13.6. The topological polar surface area (TPSA) is 75.6 Å². The second-order valence-corrected chi connectivity index (χ2v) is 6.32. The van der Waals surface area contributed by atoms with Gasteiger partial charge in [-0.15, -0.1) is 0 Å². The van der Waals surface area contributed by atoms with Gasteiger partial charge in [-0.25, -0.2) is 0 Å². The Morgan fingerprint density at radius 1 is 1.29 bits per heavy atom. The number of benzene rings is 1. The van der Waals surface area contributed by atoms with Gasteiger partial charge in [0.1, 0.15) is 0 Å². The number of hydrogen-bond donors (Lipinski definition) is 2. The predicted octanol–water partition coefficient (Wildman–Crippen LogP) is 1.29. The van der Waals surface area contributed by atoms with E-state index in [1.165, 1.54) is 25.8 Å². The highest BCUT2D eigenvalue weighted by Crippen LogP contribution is 2.34. The summed E-state index contributed by atoms with van der Waals surface area (Å²) in [5.74, 6) is 0.286. The summed E-state index contributed by atoms with van der Waals surface area (Å²) in [6, 6.07) is 6.10. The molecular weight excluding hydrogens is 264 g/mol. The van der Waals surface area contributed by atoms with E-state index >= 15 is 0 Å². The van der Waals surface area contributed by atoms with Crippen molar-refractivity contribution in [2.75, 3.05) is 37.3 Å². The molecule has 0 radical (unpaired) electrons. The van der Waals surface area contributed by atoms with Crippen LogP contribution in [-0.2, 0) is 0 Å². The van der Waals surface area contributed by atoms with Crippen molar-refractivity contribution in [1.82, 2.24) is 4.90 Å². The minimum absolute atomic E-state index is 0.430. The van der Waals surface area contributed by atoms with E-state index < -0.39 is 5.91 Å². The summed E-state index contributed by atoms with van der Waals surface area (Å²) < 4.78 is 0. The average molecular weight is 288 g/mol. The van der Waals surface area contributed by atoms with Crippen molar-refractivity contribution in [3.63, 3.8) is 0 Å². The fraction of sp³-hybridized carbons (Fsp3) is 0.562. The highest BCUT2D eigenvalue weighted by molar-refractivity contribution is 5.94. The maximum atomic E-state index is 11.2. The maximum Gasteiger partial charge on any atom is 0.248 e. The van der Waals surface area contributed by atoms with Crippen molar-refractivity contribution in [2.45, 2.75) is 25.3 Å². The van der Waals surface area contributed by atoms with Gasteiger partial charge in [0, 0.05) is 24.7 Å². The molecule has 1 aromatic rings. The van der Waals surface area contributed by atoms with Crippen molar-refractivity contribution >= 4 is 17.3 Å². The highest BCUT2D eigenvalue weighted by Gasteiger charge is 2.34. The van der Waals surface area contributed by atoms with Crippen LogP contribution >= 0.6 is 0 Å². The van der Waals surface area contributed by atoms with Gasteiger partial charge in [0.05, 0.1) is 11.4 Å². The summed E-state index contributed by atoms with van der Waals surface area (Å²) in [5, 5.41) is 0. The molecule has 2 saturated heterocycles. The molecule has 0 bridgehead atoms. The largest absolute Gasteiger partial charge is 0.397 e. The normalized spacial score (nSPS) is 26.4. The van der Waals surface area contributed by atoms with Crippen LogP contribution in [0.4, 0.5) is 11.4 Å². The van der Waals surface area contributed by atoms with Gasteiger partial charge in [-0.05, 0) is 57.0 Å². The van der Waals surface area contributed by atoms with Crippen LogP contribution in [0.25, 0.3) is 0 Å². The summed E-state index contributed by atoms with van der Waals surface area (Å²) in [7, 11) is 2.24. The van der Waals surface area contributed by atoms with Crippen molar-refractivity contribution in [1.29, 1.82) is 0 Å². The standard InChI is InChI=1S/C16H24N4O/c1-19-7-2-3-12-10-20(8-6-14(12)19)15-5-4-11(16(18)21)9-13(15)17/h4-5,9,12,14H,2-3,6-8,10,17H2,1H3,(H2,18,21). The SMILES string of the molecule is CN1CCCC2CN(c3ccc(C(N)=O)cc3N)CCC21. The van der Waals surface area contributed by atoms with Crippen LogP contribution in [-0.4, -0.2) is 43.5 Å².